The SMILES string of the molecule is O=C(CSc1ccccc1C(=O)N1CCc2ccc([N+](=O)[O-])cc21)NCC1CCCCC1. The average Bonchev–Trinajstić information content (AvgIpc) is 3.25. The number of nitro groups is 1. The Morgan fingerprint density at radius 1 is 1.12 bits per heavy atom. The first-order valence-corrected chi connectivity index (χ1v) is 12.1. The third kappa shape index (κ3) is 5.12. The third-order valence-electron chi connectivity index (χ3n) is 6.21. The normalized spacial score (nSPS) is 15.9. The highest BCUT2D eigenvalue weighted by atomic mass is 32.2. The van der Waals surface area contributed by atoms with Crippen molar-refractivity contribution in [3.63, 3.8) is 0 Å². The molecule has 1 aliphatic carbocycles. The van der Waals surface area contributed by atoms with Gasteiger partial charge in [-0.1, -0.05) is 37.5 Å². The molecule has 2 aliphatic rings. The van der Waals surface area contributed by atoms with Crippen LogP contribution in [0.25, 0.3) is 0 Å². The smallest absolute Gasteiger partial charge is 0.271 e. The van der Waals surface area contributed by atoms with E-state index >= 15 is 0 Å². The number of amides is 2. The Labute approximate surface area is 191 Å². The zero-order valence-electron chi connectivity index (χ0n) is 17.9. The van der Waals surface area contributed by atoms with Crippen molar-refractivity contribution >= 4 is 35.0 Å². The number of rotatable bonds is 7. The quantitative estimate of drug-likeness (QED) is 0.376. The second kappa shape index (κ2) is 10.2. The number of nitro benzene ring substituents is 1. The van der Waals surface area contributed by atoms with Crippen LogP contribution in [0.15, 0.2) is 47.4 Å². The van der Waals surface area contributed by atoms with E-state index in [1.807, 2.05) is 12.1 Å². The Kier molecular flexibility index (Phi) is 7.09. The number of carbonyl (C=O) groups excluding carboxylic acids is 2. The van der Waals surface area contributed by atoms with E-state index in [4.69, 9.17) is 0 Å². The van der Waals surface area contributed by atoms with Crippen molar-refractivity contribution in [2.45, 2.75) is 43.4 Å². The number of nitrogens with zero attached hydrogens (tertiary/aromatic N) is 2. The second-order valence-electron chi connectivity index (χ2n) is 8.37. The van der Waals surface area contributed by atoms with E-state index in [1.165, 1.54) is 56.0 Å². The molecule has 2 aromatic carbocycles. The van der Waals surface area contributed by atoms with E-state index in [-0.39, 0.29) is 23.3 Å². The molecule has 7 nitrogen and oxygen atoms in total. The van der Waals surface area contributed by atoms with Crippen LogP contribution in [0.2, 0.25) is 0 Å². The molecule has 1 saturated carbocycles. The summed E-state index contributed by atoms with van der Waals surface area (Å²) in [6.07, 6.45) is 6.81. The van der Waals surface area contributed by atoms with Crippen LogP contribution in [-0.2, 0) is 11.2 Å². The summed E-state index contributed by atoms with van der Waals surface area (Å²) in [6, 6.07) is 11.9. The molecule has 4 rings (SSSR count). The number of nitrogens with one attached hydrogen (secondary N) is 1. The van der Waals surface area contributed by atoms with Gasteiger partial charge in [-0.2, -0.15) is 0 Å². The van der Waals surface area contributed by atoms with Crippen LogP contribution in [0, 0.1) is 16.0 Å². The largest absolute Gasteiger partial charge is 0.355 e. The van der Waals surface area contributed by atoms with Crippen LogP contribution in [0.4, 0.5) is 11.4 Å². The number of benzene rings is 2. The summed E-state index contributed by atoms with van der Waals surface area (Å²) in [6.45, 7) is 1.21. The Bertz CT molecular complexity index is 1020. The van der Waals surface area contributed by atoms with Gasteiger partial charge >= 0.3 is 0 Å². The highest BCUT2D eigenvalue weighted by Gasteiger charge is 2.29. The highest BCUT2D eigenvalue weighted by molar-refractivity contribution is 8.00. The van der Waals surface area contributed by atoms with Crippen LogP contribution < -0.4 is 10.2 Å². The van der Waals surface area contributed by atoms with Gasteiger partial charge in [-0.05, 0) is 42.9 Å². The van der Waals surface area contributed by atoms with Crippen LogP contribution in [0.1, 0.15) is 48.0 Å². The predicted molar refractivity (Wildman–Crippen MR) is 125 cm³/mol. The lowest BCUT2D eigenvalue weighted by atomic mass is 9.89. The van der Waals surface area contributed by atoms with Gasteiger partial charge < -0.3 is 10.2 Å². The Morgan fingerprint density at radius 2 is 1.91 bits per heavy atom. The molecule has 0 atom stereocenters. The van der Waals surface area contributed by atoms with Gasteiger partial charge in [0.05, 0.1) is 21.9 Å². The maximum absolute atomic E-state index is 13.3. The van der Waals surface area contributed by atoms with Crippen molar-refractivity contribution < 1.29 is 14.5 Å². The molecule has 32 heavy (non-hydrogen) atoms. The fourth-order valence-electron chi connectivity index (χ4n) is 4.45. The van der Waals surface area contributed by atoms with Crippen molar-refractivity contribution in [1.82, 2.24) is 5.32 Å². The molecule has 168 valence electrons. The van der Waals surface area contributed by atoms with Crippen molar-refractivity contribution in [2.24, 2.45) is 5.92 Å². The lowest BCUT2D eigenvalue weighted by molar-refractivity contribution is -0.384. The maximum Gasteiger partial charge on any atom is 0.271 e. The number of anilines is 1. The molecule has 0 saturated heterocycles. The van der Waals surface area contributed by atoms with Crippen molar-refractivity contribution in [2.75, 3.05) is 23.7 Å². The van der Waals surface area contributed by atoms with Gasteiger partial charge in [0.15, 0.2) is 0 Å². The minimum absolute atomic E-state index is 0.0232. The van der Waals surface area contributed by atoms with E-state index < -0.39 is 4.92 Å². The van der Waals surface area contributed by atoms with E-state index in [1.54, 1.807) is 23.1 Å². The molecule has 0 aromatic heterocycles. The minimum atomic E-state index is -0.447. The summed E-state index contributed by atoms with van der Waals surface area (Å²) < 4.78 is 0. The number of fused-ring (bicyclic) bond motifs is 1. The third-order valence-corrected chi connectivity index (χ3v) is 7.28. The minimum Gasteiger partial charge on any atom is -0.355 e. The summed E-state index contributed by atoms with van der Waals surface area (Å²) in [5.41, 5.74) is 2.00. The zero-order chi connectivity index (χ0) is 22.5. The molecular formula is C24H27N3O4S. The molecule has 0 radical (unpaired) electrons. The van der Waals surface area contributed by atoms with Crippen LogP contribution in [0.3, 0.4) is 0 Å². The van der Waals surface area contributed by atoms with E-state index in [2.05, 4.69) is 5.32 Å². The molecule has 1 N–H and O–H groups in total. The molecule has 2 amide bonds. The predicted octanol–water partition coefficient (Wildman–Crippen LogP) is 4.59. The number of hydrogen-bond donors (Lipinski definition) is 1. The Hall–Kier alpha value is -2.87. The molecule has 1 aliphatic heterocycles. The lowest BCUT2D eigenvalue weighted by Crippen LogP contribution is -2.31. The number of carbonyl (C=O) groups is 2. The summed E-state index contributed by atoms with van der Waals surface area (Å²) in [4.78, 5) is 38.8. The standard InChI is InChI=1S/C24H27N3O4S/c28-23(25-15-17-6-2-1-3-7-17)16-32-22-9-5-4-8-20(22)24(29)26-13-12-18-10-11-19(27(30)31)14-21(18)26/h4-5,8-11,14,17H,1-3,6-7,12-13,15-16H2,(H,25,28). The molecule has 2 aromatic rings. The molecular weight excluding hydrogens is 426 g/mol. The van der Waals surface area contributed by atoms with Gasteiger partial charge in [0.2, 0.25) is 5.91 Å². The van der Waals surface area contributed by atoms with Gasteiger partial charge in [0, 0.05) is 30.1 Å². The van der Waals surface area contributed by atoms with Crippen LogP contribution in [-0.4, -0.2) is 35.6 Å². The van der Waals surface area contributed by atoms with E-state index in [0.29, 0.717) is 30.1 Å². The molecule has 8 heteroatoms. The Balaban J connectivity index is 1.41. The summed E-state index contributed by atoms with van der Waals surface area (Å²) >= 11 is 1.35. The monoisotopic (exact) mass is 453 g/mol. The number of thioether (sulfide) groups is 1. The van der Waals surface area contributed by atoms with Crippen molar-refractivity contribution in [3.05, 3.63) is 63.7 Å². The lowest BCUT2D eigenvalue weighted by Gasteiger charge is -2.21. The fraction of sp³-hybridized carbons (Fsp3) is 0.417. The van der Waals surface area contributed by atoms with Crippen molar-refractivity contribution in [1.29, 1.82) is 0 Å². The summed E-state index contributed by atoms with van der Waals surface area (Å²) in [7, 11) is 0. The zero-order valence-corrected chi connectivity index (χ0v) is 18.7. The van der Waals surface area contributed by atoms with Gasteiger partial charge in [0.25, 0.3) is 11.6 Å². The summed E-state index contributed by atoms with van der Waals surface area (Å²) in [5, 5.41) is 14.2. The van der Waals surface area contributed by atoms with Crippen molar-refractivity contribution in [3.8, 4) is 0 Å². The van der Waals surface area contributed by atoms with E-state index in [9.17, 15) is 19.7 Å². The molecule has 1 fully saturated rings. The molecule has 0 bridgehead atoms. The second-order valence-corrected chi connectivity index (χ2v) is 9.39. The van der Waals surface area contributed by atoms with Gasteiger partial charge in [-0.25, -0.2) is 0 Å². The first-order chi connectivity index (χ1) is 15.5. The van der Waals surface area contributed by atoms with Gasteiger partial charge in [-0.15, -0.1) is 11.8 Å². The highest BCUT2D eigenvalue weighted by Crippen LogP contribution is 2.34. The first kappa shape index (κ1) is 22.3. The van der Waals surface area contributed by atoms with Gasteiger partial charge in [0.1, 0.15) is 0 Å². The maximum atomic E-state index is 13.3. The van der Waals surface area contributed by atoms with E-state index in [0.717, 1.165) is 17.0 Å². The van der Waals surface area contributed by atoms with Gasteiger partial charge in [-0.3, -0.25) is 19.7 Å². The number of non-ortho nitro benzene ring substituents is 1. The first-order valence-electron chi connectivity index (χ1n) is 11.1. The molecule has 0 unspecified atom stereocenters. The average molecular weight is 454 g/mol. The fourth-order valence-corrected chi connectivity index (χ4v) is 5.32. The number of hydrogen-bond acceptors (Lipinski definition) is 5. The Morgan fingerprint density at radius 3 is 2.69 bits per heavy atom. The molecule has 1 heterocycles. The topological polar surface area (TPSA) is 92.5 Å². The summed E-state index contributed by atoms with van der Waals surface area (Å²) in [5.74, 6) is 0.602. The van der Waals surface area contributed by atoms with Crippen LogP contribution in [0.5, 0.6) is 0 Å². The molecule has 0 spiro atoms. The van der Waals surface area contributed by atoms with Crippen LogP contribution >= 0.6 is 11.8 Å².